The Kier molecular flexibility index (Phi) is 4.97. The van der Waals surface area contributed by atoms with Gasteiger partial charge in [0.2, 0.25) is 0 Å². The third-order valence-corrected chi connectivity index (χ3v) is 3.34. The van der Waals surface area contributed by atoms with Crippen LogP contribution in [0, 0.1) is 17.2 Å². The second-order valence-electron chi connectivity index (χ2n) is 4.46. The molecule has 1 aliphatic rings. The van der Waals surface area contributed by atoms with E-state index >= 15 is 0 Å². The quantitative estimate of drug-likeness (QED) is 0.688. The van der Waals surface area contributed by atoms with E-state index < -0.39 is 0 Å². The Hall–Kier alpha value is -0.550. The second-order valence-corrected chi connectivity index (χ2v) is 4.46. The lowest BCUT2D eigenvalue weighted by molar-refractivity contribution is 0.143. The van der Waals surface area contributed by atoms with Gasteiger partial charge < -0.3 is 0 Å². The molecule has 0 amide bonds. The van der Waals surface area contributed by atoms with E-state index in [2.05, 4.69) is 24.8 Å². The van der Waals surface area contributed by atoms with Gasteiger partial charge in [-0.2, -0.15) is 5.26 Å². The predicted molar refractivity (Wildman–Crippen MR) is 58.9 cm³/mol. The smallest absolute Gasteiger partial charge is 0.0635 e. The average molecular weight is 194 g/mol. The first kappa shape index (κ1) is 11.5. The van der Waals surface area contributed by atoms with Crippen molar-refractivity contribution < 1.29 is 0 Å². The summed E-state index contributed by atoms with van der Waals surface area (Å²) >= 11 is 0. The van der Waals surface area contributed by atoms with Gasteiger partial charge in [0.1, 0.15) is 0 Å². The summed E-state index contributed by atoms with van der Waals surface area (Å²) in [6.45, 7) is 6.62. The van der Waals surface area contributed by atoms with Crippen LogP contribution in [0.4, 0.5) is 0 Å². The Balaban J connectivity index is 2.38. The van der Waals surface area contributed by atoms with Gasteiger partial charge in [0.05, 0.1) is 6.07 Å². The van der Waals surface area contributed by atoms with Gasteiger partial charge >= 0.3 is 0 Å². The minimum Gasteiger partial charge on any atom is -0.300 e. The first-order valence-electron chi connectivity index (χ1n) is 5.89. The van der Waals surface area contributed by atoms with Crippen molar-refractivity contribution in [1.29, 1.82) is 5.26 Å². The van der Waals surface area contributed by atoms with E-state index in [1.165, 1.54) is 25.7 Å². The molecule has 1 saturated carbocycles. The molecule has 2 unspecified atom stereocenters. The predicted octanol–water partition coefficient (Wildman–Crippen LogP) is 2.80. The molecular formula is C12H22N2. The van der Waals surface area contributed by atoms with Crippen molar-refractivity contribution in [2.24, 2.45) is 5.92 Å². The maximum absolute atomic E-state index is 8.58. The van der Waals surface area contributed by atoms with Crippen molar-refractivity contribution in [2.45, 2.75) is 52.0 Å². The third kappa shape index (κ3) is 3.31. The third-order valence-electron chi connectivity index (χ3n) is 3.34. The number of nitrogens with zero attached hydrogens (tertiary/aromatic N) is 2. The highest BCUT2D eigenvalue weighted by Crippen LogP contribution is 2.27. The fourth-order valence-corrected chi connectivity index (χ4v) is 2.53. The summed E-state index contributed by atoms with van der Waals surface area (Å²) in [5.74, 6) is 0.880. The highest BCUT2D eigenvalue weighted by molar-refractivity contribution is 4.81. The van der Waals surface area contributed by atoms with Crippen LogP contribution < -0.4 is 0 Å². The Bertz CT molecular complexity index is 195. The summed E-state index contributed by atoms with van der Waals surface area (Å²) in [5.41, 5.74) is 0. The molecule has 0 aromatic rings. The fourth-order valence-electron chi connectivity index (χ4n) is 2.53. The van der Waals surface area contributed by atoms with E-state index in [9.17, 15) is 0 Å². The number of hydrogen-bond acceptors (Lipinski definition) is 2. The Morgan fingerprint density at radius 3 is 2.79 bits per heavy atom. The summed E-state index contributed by atoms with van der Waals surface area (Å²) in [7, 11) is 0. The van der Waals surface area contributed by atoms with Gasteiger partial charge in [0.15, 0.2) is 0 Å². The van der Waals surface area contributed by atoms with Crippen LogP contribution in [-0.4, -0.2) is 24.0 Å². The molecule has 14 heavy (non-hydrogen) atoms. The first-order valence-corrected chi connectivity index (χ1v) is 5.89. The molecule has 2 atom stereocenters. The van der Waals surface area contributed by atoms with Gasteiger partial charge in [0.25, 0.3) is 0 Å². The molecule has 0 spiro atoms. The van der Waals surface area contributed by atoms with E-state index in [4.69, 9.17) is 5.26 Å². The fraction of sp³-hybridized carbons (Fsp3) is 0.917. The number of nitriles is 1. The van der Waals surface area contributed by atoms with Crippen LogP contribution in [0.25, 0.3) is 0 Å². The molecule has 0 bridgehead atoms. The van der Waals surface area contributed by atoms with Gasteiger partial charge in [0, 0.05) is 19.0 Å². The molecule has 1 aliphatic carbocycles. The summed E-state index contributed by atoms with van der Waals surface area (Å²) in [4.78, 5) is 2.49. The SMILES string of the molecule is CCN(CCC#N)C1CCCC(C)C1. The Morgan fingerprint density at radius 2 is 2.21 bits per heavy atom. The minimum absolute atomic E-state index is 0.679. The van der Waals surface area contributed by atoms with Crippen molar-refractivity contribution in [1.82, 2.24) is 4.90 Å². The minimum atomic E-state index is 0.679. The molecule has 0 aromatic heterocycles. The van der Waals surface area contributed by atoms with Gasteiger partial charge in [-0.15, -0.1) is 0 Å². The van der Waals surface area contributed by atoms with E-state index in [0.29, 0.717) is 6.42 Å². The van der Waals surface area contributed by atoms with Gasteiger partial charge in [-0.3, -0.25) is 4.90 Å². The maximum Gasteiger partial charge on any atom is 0.0635 e. The van der Waals surface area contributed by atoms with Gasteiger partial charge in [-0.05, 0) is 25.3 Å². The lowest BCUT2D eigenvalue weighted by Gasteiger charge is -2.35. The normalized spacial score (nSPS) is 27.6. The Labute approximate surface area is 87.9 Å². The lowest BCUT2D eigenvalue weighted by Crippen LogP contribution is -2.38. The zero-order chi connectivity index (χ0) is 10.4. The molecule has 2 nitrogen and oxygen atoms in total. The van der Waals surface area contributed by atoms with Crippen LogP contribution in [0.3, 0.4) is 0 Å². The van der Waals surface area contributed by atoms with Crippen molar-refractivity contribution >= 4 is 0 Å². The molecule has 0 radical (unpaired) electrons. The van der Waals surface area contributed by atoms with E-state index in [-0.39, 0.29) is 0 Å². The Morgan fingerprint density at radius 1 is 1.43 bits per heavy atom. The summed E-state index contributed by atoms with van der Waals surface area (Å²) in [6.07, 6.45) is 6.11. The van der Waals surface area contributed by atoms with Crippen LogP contribution in [0.1, 0.15) is 46.0 Å². The zero-order valence-electron chi connectivity index (χ0n) is 9.50. The monoisotopic (exact) mass is 194 g/mol. The molecule has 0 N–H and O–H groups in total. The van der Waals surface area contributed by atoms with Gasteiger partial charge in [-0.25, -0.2) is 0 Å². The average Bonchev–Trinajstić information content (AvgIpc) is 2.19. The van der Waals surface area contributed by atoms with Crippen molar-refractivity contribution in [3.63, 3.8) is 0 Å². The summed E-state index contributed by atoms with van der Waals surface area (Å²) in [6, 6.07) is 2.99. The molecule has 1 fully saturated rings. The van der Waals surface area contributed by atoms with Crippen LogP contribution in [0.5, 0.6) is 0 Å². The first-order chi connectivity index (χ1) is 6.77. The molecular weight excluding hydrogens is 172 g/mol. The molecule has 80 valence electrons. The largest absolute Gasteiger partial charge is 0.300 e. The molecule has 2 heteroatoms. The topological polar surface area (TPSA) is 27.0 Å². The van der Waals surface area contributed by atoms with Crippen LogP contribution in [-0.2, 0) is 0 Å². The highest BCUT2D eigenvalue weighted by Gasteiger charge is 2.23. The zero-order valence-corrected chi connectivity index (χ0v) is 9.50. The van der Waals surface area contributed by atoms with E-state index in [1.54, 1.807) is 0 Å². The van der Waals surface area contributed by atoms with E-state index in [1.807, 2.05) is 0 Å². The molecule has 1 rings (SSSR count). The van der Waals surface area contributed by atoms with Gasteiger partial charge in [-0.1, -0.05) is 26.7 Å². The van der Waals surface area contributed by atoms with Crippen molar-refractivity contribution in [3.8, 4) is 6.07 Å². The van der Waals surface area contributed by atoms with Crippen molar-refractivity contribution in [3.05, 3.63) is 0 Å². The maximum atomic E-state index is 8.58. The second kappa shape index (κ2) is 6.03. The molecule has 0 aromatic carbocycles. The summed E-state index contributed by atoms with van der Waals surface area (Å²) < 4.78 is 0. The highest BCUT2D eigenvalue weighted by atomic mass is 15.1. The number of rotatable bonds is 4. The summed E-state index contributed by atoms with van der Waals surface area (Å²) in [5, 5.41) is 8.58. The van der Waals surface area contributed by atoms with Crippen LogP contribution >= 0.6 is 0 Å². The van der Waals surface area contributed by atoms with E-state index in [0.717, 1.165) is 25.0 Å². The lowest BCUT2D eigenvalue weighted by atomic mass is 9.86. The molecule has 0 saturated heterocycles. The molecule has 0 aliphatic heterocycles. The number of hydrogen-bond donors (Lipinski definition) is 0. The van der Waals surface area contributed by atoms with Crippen LogP contribution in [0.15, 0.2) is 0 Å². The van der Waals surface area contributed by atoms with Crippen molar-refractivity contribution in [2.75, 3.05) is 13.1 Å². The standard InChI is InChI=1S/C12H22N2/c1-3-14(9-5-8-13)12-7-4-6-11(2)10-12/h11-12H,3-7,9-10H2,1-2H3. The molecule has 0 heterocycles. The van der Waals surface area contributed by atoms with Crippen LogP contribution in [0.2, 0.25) is 0 Å².